The van der Waals surface area contributed by atoms with Crippen LogP contribution in [0.2, 0.25) is 0 Å². The molecule has 0 aromatic heterocycles. The standard InChI is InChI=1S/C16H23N3O2.ClH/c1-12-2-4-13(5-3-12)15(20)18-10-11-19-16(21)14-6-8-17-9-7-14;/h2-5,14,17H,6-11H2,1H3,(H,18,20)(H,19,21);1H. The molecule has 1 aromatic carbocycles. The Morgan fingerprint density at radius 3 is 2.32 bits per heavy atom. The van der Waals surface area contributed by atoms with Gasteiger partial charge in [-0.25, -0.2) is 0 Å². The zero-order valence-corrected chi connectivity index (χ0v) is 13.7. The van der Waals surface area contributed by atoms with Crippen molar-refractivity contribution < 1.29 is 9.59 Å². The van der Waals surface area contributed by atoms with Crippen molar-refractivity contribution in [2.45, 2.75) is 19.8 Å². The summed E-state index contributed by atoms with van der Waals surface area (Å²) >= 11 is 0. The van der Waals surface area contributed by atoms with Crippen LogP contribution in [0, 0.1) is 12.8 Å². The molecule has 0 radical (unpaired) electrons. The zero-order chi connectivity index (χ0) is 15.1. The number of rotatable bonds is 5. The van der Waals surface area contributed by atoms with Gasteiger partial charge in [0.25, 0.3) is 5.91 Å². The van der Waals surface area contributed by atoms with Gasteiger partial charge in [0.2, 0.25) is 5.91 Å². The summed E-state index contributed by atoms with van der Waals surface area (Å²) in [5.74, 6) is 0.103. The van der Waals surface area contributed by atoms with E-state index < -0.39 is 0 Å². The van der Waals surface area contributed by atoms with E-state index >= 15 is 0 Å². The van der Waals surface area contributed by atoms with E-state index in [-0.39, 0.29) is 30.1 Å². The highest BCUT2D eigenvalue weighted by atomic mass is 35.5. The number of hydrogen-bond donors (Lipinski definition) is 3. The molecule has 2 rings (SSSR count). The third-order valence-electron chi connectivity index (χ3n) is 3.73. The number of piperidine rings is 1. The molecule has 1 aliphatic rings. The van der Waals surface area contributed by atoms with Gasteiger partial charge in [-0.15, -0.1) is 12.4 Å². The lowest BCUT2D eigenvalue weighted by Gasteiger charge is -2.21. The number of carbonyl (C=O) groups excluding carboxylic acids is 2. The summed E-state index contributed by atoms with van der Waals surface area (Å²) in [6, 6.07) is 7.43. The van der Waals surface area contributed by atoms with E-state index in [4.69, 9.17) is 0 Å². The van der Waals surface area contributed by atoms with Crippen LogP contribution >= 0.6 is 12.4 Å². The summed E-state index contributed by atoms with van der Waals surface area (Å²) in [6.07, 6.45) is 1.78. The predicted molar refractivity (Wildman–Crippen MR) is 89.4 cm³/mol. The Morgan fingerprint density at radius 1 is 1.09 bits per heavy atom. The van der Waals surface area contributed by atoms with E-state index in [9.17, 15) is 9.59 Å². The molecule has 1 heterocycles. The lowest BCUT2D eigenvalue weighted by Crippen LogP contribution is -2.41. The first-order valence-electron chi connectivity index (χ1n) is 7.50. The molecule has 5 nitrogen and oxygen atoms in total. The van der Waals surface area contributed by atoms with Crippen molar-refractivity contribution in [3.63, 3.8) is 0 Å². The highest BCUT2D eigenvalue weighted by molar-refractivity contribution is 5.94. The second kappa shape index (κ2) is 9.43. The molecule has 0 atom stereocenters. The van der Waals surface area contributed by atoms with Gasteiger partial charge < -0.3 is 16.0 Å². The minimum atomic E-state index is -0.105. The van der Waals surface area contributed by atoms with Crippen molar-refractivity contribution in [1.82, 2.24) is 16.0 Å². The summed E-state index contributed by atoms with van der Waals surface area (Å²) in [7, 11) is 0. The second-order valence-electron chi connectivity index (χ2n) is 5.44. The van der Waals surface area contributed by atoms with Crippen LogP contribution in [-0.2, 0) is 4.79 Å². The number of benzene rings is 1. The van der Waals surface area contributed by atoms with Gasteiger partial charge in [-0.2, -0.15) is 0 Å². The molecule has 1 aliphatic heterocycles. The van der Waals surface area contributed by atoms with Gasteiger partial charge in [-0.05, 0) is 45.0 Å². The lowest BCUT2D eigenvalue weighted by atomic mass is 9.97. The lowest BCUT2D eigenvalue weighted by molar-refractivity contribution is -0.125. The summed E-state index contributed by atoms with van der Waals surface area (Å²) in [4.78, 5) is 23.8. The van der Waals surface area contributed by atoms with Crippen LogP contribution in [0.25, 0.3) is 0 Å². The minimum absolute atomic E-state index is 0. The Balaban J connectivity index is 0.00000242. The molecule has 6 heteroatoms. The molecule has 22 heavy (non-hydrogen) atoms. The maximum absolute atomic E-state index is 11.9. The van der Waals surface area contributed by atoms with Crippen LogP contribution in [0.15, 0.2) is 24.3 Å². The molecule has 0 aliphatic carbocycles. The quantitative estimate of drug-likeness (QED) is 0.714. The Kier molecular flexibility index (Phi) is 7.91. The highest BCUT2D eigenvalue weighted by Gasteiger charge is 2.20. The van der Waals surface area contributed by atoms with Gasteiger partial charge in [-0.1, -0.05) is 17.7 Å². The topological polar surface area (TPSA) is 70.2 Å². The monoisotopic (exact) mass is 325 g/mol. The van der Waals surface area contributed by atoms with E-state index in [1.54, 1.807) is 12.1 Å². The number of hydrogen-bond acceptors (Lipinski definition) is 3. The summed E-state index contributed by atoms with van der Waals surface area (Å²) in [5, 5.41) is 8.93. The first-order valence-corrected chi connectivity index (χ1v) is 7.50. The van der Waals surface area contributed by atoms with Gasteiger partial charge in [0.1, 0.15) is 0 Å². The van der Waals surface area contributed by atoms with E-state index in [0.29, 0.717) is 18.7 Å². The SMILES string of the molecule is Cc1ccc(C(=O)NCCNC(=O)C2CCNCC2)cc1.Cl. The van der Waals surface area contributed by atoms with Crippen LogP contribution < -0.4 is 16.0 Å². The molecule has 2 amide bonds. The average Bonchev–Trinajstić information content (AvgIpc) is 2.52. The van der Waals surface area contributed by atoms with Crippen molar-refractivity contribution in [3.8, 4) is 0 Å². The fourth-order valence-electron chi connectivity index (χ4n) is 2.40. The fraction of sp³-hybridized carbons (Fsp3) is 0.500. The minimum Gasteiger partial charge on any atom is -0.354 e. The predicted octanol–water partition coefficient (Wildman–Crippen LogP) is 1.26. The van der Waals surface area contributed by atoms with Crippen molar-refractivity contribution in [2.24, 2.45) is 5.92 Å². The Bertz CT molecular complexity index is 485. The third-order valence-corrected chi connectivity index (χ3v) is 3.73. The summed E-state index contributed by atoms with van der Waals surface area (Å²) < 4.78 is 0. The second-order valence-corrected chi connectivity index (χ2v) is 5.44. The molecule has 1 fully saturated rings. The van der Waals surface area contributed by atoms with Crippen LogP contribution in [0.4, 0.5) is 0 Å². The van der Waals surface area contributed by atoms with Crippen LogP contribution in [0.3, 0.4) is 0 Å². The molecule has 0 bridgehead atoms. The number of nitrogens with one attached hydrogen (secondary N) is 3. The smallest absolute Gasteiger partial charge is 0.251 e. The van der Waals surface area contributed by atoms with E-state index in [2.05, 4.69) is 16.0 Å². The molecule has 0 spiro atoms. The van der Waals surface area contributed by atoms with Gasteiger partial charge >= 0.3 is 0 Å². The Labute approximate surface area is 137 Å². The molecular weight excluding hydrogens is 302 g/mol. The molecular formula is C16H24ClN3O2. The number of amides is 2. The van der Waals surface area contributed by atoms with Gasteiger partial charge in [0.05, 0.1) is 0 Å². The number of aryl methyl sites for hydroxylation is 1. The summed E-state index contributed by atoms with van der Waals surface area (Å²) in [6.45, 7) is 4.71. The van der Waals surface area contributed by atoms with Gasteiger partial charge in [0.15, 0.2) is 0 Å². The Hall–Kier alpha value is -1.59. The fourth-order valence-corrected chi connectivity index (χ4v) is 2.40. The number of halogens is 1. The Morgan fingerprint density at radius 2 is 1.68 bits per heavy atom. The first-order chi connectivity index (χ1) is 10.2. The molecule has 1 aromatic rings. The normalized spacial score (nSPS) is 14.8. The summed E-state index contributed by atoms with van der Waals surface area (Å²) in [5.41, 5.74) is 1.77. The van der Waals surface area contributed by atoms with Crippen LogP contribution in [-0.4, -0.2) is 38.0 Å². The van der Waals surface area contributed by atoms with Crippen molar-refractivity contribution >= 4 is 24.2 Å². The highest BCUT2D eigenvalue weighted by Crippen LogP contribution is 2.10. The molecule has 3 N–H and O–H groups in total. The largest absolute Gasteiger partial charge is 0.354 e. The molecule has 1 saturated heterocycles. The van der Waals surface area contributed by atoms with E-state index in [1.165, 1.54) is 0 Å². The first kappa shape index (κ1) is 18.5. The van der Waals surface area contributed by atoms with Crippen molar-refractivity contribution in [2.75, 3.05) is 26.2 Å². The third kappa shape index (κ3) is 5.66. The molecule has 0 unspecified atom stereocenters. The van der Waals surface area contributed by atoms with E-state index in [0.717, 1.165) is 31.5 Å². The zero-order valence-electron chi connectivity index (χ0n) is 12.9. The average molecular weight is 326 g/mol. The maximum atomic E-state index is 11.9. The number of carbonyl (C=O) groups is 2. The van der Waals surface area contributed by atoms with Crippen molar-refractivity contribution in [3.05, 3.63) is 35.4 Å². The van der Waals surface area contributed by atoms with Gasteiger partial charge in [0, 0.05) is 24.6 Å². The molecule has 0 saturated carbocycles. The maximum Gasteiger partial charge on any atom is 0.251 e. The molecule has 122 valence electrons. The van der Waals surface area contributed by atoms with Crippen LogP contribution in [0.5, 0.6) is 0 Å². The van der Waals surface area contributed by atoms with E-state index in [1.807, 2.05) is 19.1 Å². The van der Waals surface area contributed by atoms with Crippen LogP contribution in [0.1, 0.15) is 28.8 Å². The van der Waals surface area contributed by atoms with Crippen molar-refractivity contribution in [1.29, 1.82) is 0 Å². The van der Waals surface area contributed by atoms with Gasteiger partial charge in [-0.3, -0.25) is 9.59 Å².